The van der Waals surface area contributed by atoms with E-state index in [-0.39, 0.29) is 10.4 Å². The first kappa shape index (κ1) is 14.6. The normalized spacial score (nSPS) is 10.4. The molecule has 0 aliphatic rings. The largest absolute Gasteiger partial charge is 0.338 e. The van der Waals surface area contributed by atoms with Crippen molar-refractivity contribution in [2.75, 3.05) is 18.4 Å². The van der Waals surface area contributed by atoms with Gasteiger partial charge in [0.05, 0.1) is 10.0 Å². The first-order valence-electron chi connectivity index (χ1n) is 5.41. The Balaban J connectivity index is 2.96. The number of hydrogen-bond acceptors (Lipinski definition) is 1. The smallest absolute Gasteiger partial charge is 0.255 e. The molecular formula is C12H14Br2FNO. The molecule has 0 radical (unpaired) electrons. The number of carbonyl (C=O) groups excluding carboxylic acids is 1. The summed E-state index contributed by atoms with van der Waals surface area (Å²) in [7, 11) is 0. The highest BCUT2D eigenvalue weighted by Gasteiger charge is 2.18. The molecule has 0 aliphatic carbocycles. The molecule has 0 unspecified atom stereocenters. The fourth-order valence-corrected chi connectivity index (χ4v) is 2.39. The van der Waals surface area contributed by atoms with Crippen molar-refractivity contribution in [2.45, 2.75) is 13.3 Å². The lowest BCUT2D eigenvalue weighted by atomic mass is 10.2. The Bertz CT molecular complexity index is 392. The quantitative estimate of drug-likeness (QED) is 0.725. The Morgan fingerprint density at radius 1 is 1.41 bits per heavy atom. The molecule has 1 rings (SSSR count). The Morgan fingerprint density at radius 3 is 2.71 bits per heavy atom. The highest BCUT2D eigenvalue weighted by Crippen LogP contribution is 2.22. The van der Waals surface area contributed by atoms with Gasteiger partial charge in [0, 0.05) is 18.4 Å². The average Bonchev–Trinajstić information content (AvgIpc) is 2.31. The zero-order valence-corrected chi connectivity index (χ0v) is 12.7. The van der Waals surface area contributed by atoms with Crippen LogP contribution >= 0.6 is 31.9 Å². The van der Waals surface area contributed by atoms with Gasteiger partial charge in [0.25, 0.3) is 5.91 Å². The van der Waals surface area contributed by atoms with Crippen LogP contribution in [0.2, 0.25) is 0 Å². The Morgan fingerprint density at radius 2 is 2.12 bits per heavy atom. The second-order valence-electron chi connectivity index (χ2n) is 3.58. The molecule has 1 aromatic rings. The van der Waals surface area contributed by atoms with Gasteiger partial charge in [-0.05, 0) is 34.5 Å². The van der Waals surface area contributed by atoms with Crippen LogP contribution in [0.15, 0.2) is 22.7 Å². The van der Waals surface area contributed by atoms with Gasteiger partial charge in [-0.1, -0.05) is 28.9 Å². The van der Waals surface area contributed by atoms with Crippen LogP contribution in [0.5, 0.6) is 0 Å². The van der Waals surface area contributed by atoms with E-state index in [1.807, 2.05) is 6.92 Å². The molecule has 0 aliphatic heterocycles. The summed E-state index contributed by atoms with van der Waals surface area (Å²) >= 11 is 6.43. The molecule has 0 spiro atoms. The SMILES string of the molecule is CCCN(CCBr)C(=O)c1cccc(F)c1Br. The zero-order chi connectivity index (χ0) is 12.8. The average molecular weight is 367 g/mol. The fourth-order valence-electron chi connectivity index (χ4n) is 1.53. The summed E-state index contributed by atoms with van der Waals surface area (Å²) in [6, 6.07) is 4.51. The van der Waals surface area contributed by atoms with Crippen molar-refractivity contribution in [1.29, 1.82) is 0 Å². The Hall–Kier alpha value is -0.420. The molecule has 2 nitrogen and oxygen atoms in total. The van der Waals surface area contributed by atoms with E-state index >= 15 is 0 Å². The molecule has 0 bridgehead atoms. The molecule has 0 saturated heterocycles. The van der Waals surface area contributed by atoms with Gasteiger partial charge in [0.1, 0.15) is 5.82 Å². The van der Waals surface area contributed by atoms with Gasteiger partial charge in [-0.2, -0.15) is 0 Å². The van der Waals surface area contributed by atoms with Crippen LogP contribution < -0.4 is 0 Å². The van der Waals surface area contributed by atoms with Gasteiger partial charge >= 0.3 is 0 Å². The molecule has 0 fully saturated rings. The molecule has 17 heavy (non-hydrogen) atoms. The maximum atomic E-state index is 13.3. The first-order valence-corrected chi connectivity index (χ1v) is 7.32. The Labute approximate surface area is 117 Å². The van der Waals surface area contributed by atoms with E-state index in [0.29, 0.717) is 24.0 Å². The van der Waals surface area contributed by atoms with Crippen molar-refractivity contribution in [1.82, 2.24) is 4.90 Å². The predicted octanol–water partition coefficient (Wildman–Crippen LogP) is 3.84. The third-order valence-electron chi connectivity index (χ3n) is 2.32. The molecule has 94 valence electrons. The molecule has 5 heteroatoms. The summed E-state index contributed by atoms with van der Waals surface area (Å²) in [5.41, 5.74) is 0.374. The number of alkyl halides is 1. The summed E-state index contributed by atoms with van der Waals surface area (Å²) in [5, 5.41) is 0.714. The van der Waals surface area contributed by atoms with E-state index in [1.54, 1.807) is 17.0 Å². The monoisotopic (exact) mass is 365 g/mol. The van der Waals surface area contributed by atoms with E-state index in [1.165, 1.54) is 6.07 Å². The third kappa shape index (κ3) is 3.78. The maximum absolute atomic E-state index is 13.3. The highest BCUT2D eigenvalue weighted by atomic mass is 79.9. The van der Waals surface area contributed by atoms with Crippen molar-refractivity contribution in [3.8, 4) is 0 Å². The molecule has 0 saturated carbocycles. The predicted molar refractivity (Wildman–Crippen MR) is 74.1 cm³/mol. The lowest BCUT2D eigenvalue weighted by Gasteiger charge is -2.21. The van der Waals surface area contributed by atoms with Crippen LogP contribution in [0.4, 0.5) is 4.39 Å². The van der Waals surface area contributed by atoms with Crippen LogP contribution in [0, 0.1) is 5.82 Å². The van der Waals surface area contributed by atoms with E-state index in [9.17, 15) is 9.18 Å². The molecule has 1 aromatic carbocycles. The lowest BCUT2D eigenvalue weighted by molar-refractivity contribution is 0.0765. The molecule has 0 aromatic heterocycles. The van der Waals surface area contributed by atoms with Crippen molar-refractivity contribution in [3.63, 3.8) is 0 Å². The summed E-state index contributed by atoms with van der Waals surface area (Å²) in [5.74, 6) is -0.552. The van der Waals surface area contributed by atoms with Crippen molar-refractivity contribution < 1.29 is 9.18 Å². The van der Waals surface area contributed by atoms with Gasteiger partial charge in [-0.15, -0.1) is 0 Å². The fraction of sp³-hybridized carbons (Fsp3) is 0.417. The second kappa shape index (κ2) is 7.11. The van der Waals surface area contributed by atoms with Crippen LogP contribution in [0.25, 0.3) is 0 Å². The number of rotatable bonds is 5. The number of benzene rings is 1. The van der Waals surface area contributed by atoms with E-state index < -0.39 is 5.82 Å². The minimum Gasteiger partial charge on any atom is -0.338 e. The molecule has 0 heterocycles. The second-order valence-corrected chi connectivity index (χ2v) is 5.17. The Kier molecular flexibility index (Phi) is 6.12. The van der Waals surface area contributed by atoms with Gasteiger partial charge < -0.3 is 4.90 Å². The molecule has 0 N–H and O–H groups in total. The van der Waals surface area contributed by atoms with Gasteiger partial charge in [-0.25, -0.2) is 4.39 Å². The molecule has 1 amide bonds. The van der Waals surface area contributed by atoms with E-state index in [0.717, 1.165) is 6.42 Å². The van der Waals surface area contributed by atoms with Gasteiger partial charge in [-0.3, -0.25) is 4.79 Å². The number of nitrogens with zero attached hydrogens (tertiary/aromatic N) is 1. The lowest BCUT2D eigenvalue weighted by Crippen LogP contribution is -2.33. The van der Waals surface area contributed by atoms with E-state index in [2.05, 4.69) is 31.9 Å². The minimum atomic E-state index is -0.411. The van der Waals surface area contributed by atoms with E-state index in [4.69, 9.17) is 0 Å². The summed E-state index contributed by atoms with van der Waals surface area (Å²) in [6.45, 7) is 3.30. The minimum absolute atomic E-state index is 0.141. The maximum Gasteiger partial charge on any atom is 0.255 e. The molecule has 0 atom stereocenters. The summed E-state index contributed by atoms with van der Waals surface area (Å²) < 4.78 is 13.6. The van der Waals surface area contributed by atoms with Gasteiger partial charge in [0.2, 0.25) is 0 Å². The highest BCUT2D eigenvalue weighted by molar-refractivity contribution is 9.10. The number of carbonyl (C=O) groups is 1. The van der Waals surface area contributed by atoms with Crippen LogP contribution in [0.1, 0.15) is 23.7 Å². The van der Waals surface area contributed by atoms with Crippen LogP contribution in [-0.4, -0.2) is 29.2 Å². The van der Waals surface area contributed by atoms with Crippen LogP contribution in [-0.2, 0) is 0 Å². The number of amides is 1. The molecular weight excluding hydrogens is 353 g/mol. The third-order valence-corrected chi connectivity index (χ3v) is 3.48. The van der Waals surface area contributed by atoms with Crippen LogP contribution in [0.3, 0.4) is 0 Å². The number of hydrogen-bond donors (Lipinski definition) is 0. The summed E-state index contributed by atoms with van der Waals surface area (Å²) in [6.07, 6.45) is 0.881. The van der Waals surface area contributed by atoms with Crippen molar-refractivity contribution in [3.05, 3.63) is 34.1 Å². The number of halogens is 3. The van der Waals surface area contributed by atoms with Crippen molar-refractivity contribution in [2.24, 2.45) is 0 Å². The zero-order valence-electron chi connectivity index (χ0n) is 9.55. The van der Waals surface area contributed by atoms with Crippen molar-refractivity contribution >= 4 is 37.8 Å². The van der Waals surface area contributed by atoms with Gasteiger partial charge in [0.15, 0.2) is 0 Å². The standard InChI is InChI=1S/C12H14Br2FNO/c1-2-7-16(8-6-13)12(17)9-4-3-5-10(15)11(9)14/h3-5H,2,6-8H2,1H3. The topological polar surface area (TPSA) is 20.3 Å². The first-order chi connectivity index (χ1) is 8.11. The summed E-state index contributed by atoms with van der Waals surface area (Å²) in [4.78, 5) is 13.9.